The maximum atomic E-state index is 11.2. The highest BCUT2D eigenvalue weighted by Crippen LogP contribution is 2.32. The first-order chi connectivity index (χ1) is 9.15. The Morgan fingerprint density at radius 2 is 2.26 bits per heavy atom. The zero-order chi connectivity index (χ0) is 13.8. The van der Waals surface area contributed by atoms with Crippen molar-refractivity contribution in [2.24, 2.45) is 5.92 Å². The van der Waals surface area contributed by atoms with Gasteiger partial charge in [0.25, 0.3) is 0 Å². The molecule has 0 N–H and O–H groups in total. The minimum absolute atomic E-state index is 0.371. The molecule has 0 saturated carbocycles. The zero-order valence-electron chi connectivity index (χ0n) is 12.2. The molecule has 2 atom stereocenters. The van der Waals surface area contributed by atoms with Gasteiger partial charge in [-0.05, 0) is 37.5 Å². The molecule has 1 aliphatic rings. The first-order valence-corrected chi connectivity index (χ1v) is 8.18. The van der Waals surface area contributed by atoms with E-state index in [1.807, 2.05) is 0 Å². The van der Waals surface area contributed by atoms with Crippen LogP contribution in [-0.4, -0.2) is 24.4 Å². The predicted molar refractivity (Wildman–Crippen MR) is 81.4 cm³/mol. The van der Waals surface area contributed by atoms with Crippen LogP contribution in [0.2, 0.25) is 0 Å². The fourth-order valence-corrected chi connectivity index (χ4v) is 3.60. The second kappa shape index (κ2) is 6.51. The number of carbonyl (C=O) groups is 1. The summed E-state index contributed by atoms with van der Waals surface area (Å²) in [4.78, 5) is 19.2. The summed E-state index contributed by atoms with van der Waals surface area (Å²) in [6, 6.07) is 0. The molecule has 3 nitrogen and oxygen atoms in total. The van der Waals surface area contributed by atoms with E-state index < -0.39 is 0 Å². The highest BCUT2D eigenvalue weighted by molar-refractivity contribution is 7.17. The first-order valence-electron chi connectivity index (χ1n) is 7.36. The number of aromatic nitrogens is 1. The largest absolute Gasteiger partial charge is 0.348 e. The van der Waals surface area contributed by atoms with Crippen molar-refractivity contribution >= 4 is 22.8 Å². The van der Waals surface area contributed by atoms with Gasteiger partial charge in [0.05, 0.1) is 10.6 Å². The average molecular weight is 280 g/mol. The molecule has 0 aliphatic carbocycles. The van der Waals surface area contributed by atoms with Gasteiger partial charge in [-0.3, -0.25) is 4.79 Å². The van der Waals surface area contributed by atoms with Crippen molar-refractivity contribution in [3.05, 3.63) is 10.6 Å². The van der Waals surface area contributed by atoms with Crippen molar-refractivity contribution in [2.45, 2.75) is 52.4 Å². The maximum Gasteiger partial charge on any atom is 0.186 e. The number of anilines is 1. The van der Waals surface area contributed by atoms with E-state index in [2.05, 4.69) is 25.7 Å². The van der Waals surface area contributed by atoms with E-state index in [-0.39, 0.29) is 0 Å². The molecule has 1 fully saturated rings. The third-order valence-corrected chi connectivity index (χ3v) is 5.20. The topological polar surface area (TPSA) is 33.2 Å². The van der Waals surface area contributed by atoms with E-state index in [0.717, 1.165) is 47.4 Å². The van der Waals surface area contributed by atoms with E-state index in [1.165, 1.54) is 19.3 Å². The summed E-state index contributed by atoms with van der Waals surface area (Å²) in [6.45, 7) is 8.78. The second-order valence-corrected chi connectivity index (χ2v) is 6.71. The highest BCUT2D eigenvalue weighted by atomic mass is 32.1. The molecular weight excluding hydrogens is 256 g/mol. The highest BCUT2D eigenvalue weighted by Gasteiger charge is 2.21. The fraction of sp³-hybridized carbons (Fsp3) is 0.733. The van der Waals surface area contributed by atoms with Gasteiger partial charge in [0.15, 0.2) is 11.4 Å². The summed E-state index contributed by atoms with van der Waals surface area (Å²) < 4.78 is 0. The van der Waals surface area contributed by atoms with Crippen molar-refractivity contribution in [3.63, 3.8) is 0 Å². The lowest BCUT2D eigenvalue weighted by Gasteiger charge is -2.19. The molecule has 2 rings (SSSR count). The molecule has 0 amide bonds. The molecule has 0 radical (unpaired) electrons. The molecule has 1 aromatic rings. The Morgan fingerprint density at radius 1 is 1.47 bits per heavy atom. The van der Waals surface area contributed by atoms with Gasteiger partial charge in [-0.1, -0.05) is 32.1 Å². The van der Waals surface area contributed by atoms with E-state index in [9.17, 15) is 4.79 Å². The summed E-state index contributed by atoms with van der Waals surface area (Å²) >= 11 is 1.57. The van der Waals surface area contributed by atoms with E-state index in [1.54, 1.807) is 11.3 Å². The van der Waals surface area contributed by atoms with Crippen LogP contribution in [0.4, 0.5) is 5.13 Å². The van der Waals surface area contributed by atoms with E-state index >= 15 is 0 Å². The van der Waals surface area contributed by atoms with Gasteiger partial charge in [-0.15, -0.1) is 0 Å². The van der Waals surface area contributed by atoms with Crippen LogP contribution >= 0.6 is 11.3 Å². The van der Waals surface area contributed by atoms with Crippen LogP contribution in [0.1, 0.15) is 67.7 Å². The molecular formula is C15H24N2OS. The van der Waals surface area contributed by atoms with Crippen LogP contribution in [0.15, 0.2) is 0 Å². The lowest BCUT2D eigenvalue weighted by atomic mass is 10.0. The number of aldehydes is 1. The normalized spacial score (nSPS) is 22.1. The number of carbonyl (C=O) groups excluding carboxylic acids is 1. The molecule has 4 heteroatoms. The number of hydrogen-bond acceptors (Lipinski definition) is 4. The van der Waals surface area contributed by atoms with Gasteiger partial charge in [0.1, 0.15) is 0 Å². The standard InChI is InChI=1S/C15H24N2OS/c1-4-12(3)14-13(10-18)19-15(16-14)17-8-5-6-11(2)7-9-17/h10-12H,4-9H2,1-3H3. The Kier molecular flexibility index (Phi) is 4.97. The zero-order valence-corrected chi connectivity index (χ0v) is 13.0. The van der Waals surface area contributed by atoms with Gasteiger partial charge in [-0.25, -0.2) is 4.98 Å². The molecule has 0 spiro atoms. The van der Waals surface area contributed by atoms with Crippen LogP contribution in [0.25, 0.3) is 0 Å². The summed E-state index contributed by atoms with van der Waals surface area (Å²) in [5.74, 6) is 1.18. The van der Waals surface area contributed by atoms with Crippen molar-refractivity contribution < 1.29 is 4.79 Å². The lowest BCUT2D eigenvalue weighted by Crippen LogP contribution is -2.24. The first kappa shape index (κ1) is 14.5. The fourth-order valence-electron chi connectivity index (χ4n) is 2.55. The predicted octanol–water partition coefficient (Wildman–Crippen LogP) is 4.10. The van der Waals surface area contributed by atoms with Crippen molar-refractivity contribution in [1.29, 1.82) is 0 Å². The Morgan fingerprint density at radius 3 is 2.95 bits per heavy atom. The molecule has 106 valence electrons. The second-order valence-electron chi connectivity index (χ2n) is 5.70. The molecule has 19 heavy (non-hydrogen) atoms. The van der Waals surface area contributed by atoms with Crippen molar-refractivity contribution in [2.75, 3.05) is 18.0 Å². The number of thiazole rings is 1. The van der Waals surface area contributed by atoms with Crippen LogP contribution in [-0.2, 0) is 0 Å². The third-order valence-electron chi connectivity index (χ3n) is 4.14. The van der Waals surface area contributed by atoms with E-state index in [4.69, 9.17) is 4.98 Å². The smallest absolute Gasteiger partial charge is 0.186 e. The van der Waals surface area contributed by atoms with Gasteiger partial charge in [0, 0.05) is 13.1 Å². The summed E-state index contributed by atoms with van der Waals surface area (Å²) in [7, 11) is 0. The van der Waals surface area contributed by atoms with Crippen LogP contribution < -0.4 is 4.90 Å². The van der Waals surface area contributed by atoms with Crippen molar-refractivity contribution in [1.82, 2.24) is 4.98 Å². The summed E-state index contributed by atoms with van der Waals surface area (Å²) in [5, 5.41) is 1.05. The summed E-state index contributed by atoms with van der Waals surface area (Å²) in [5.41, 5.74) is 0.995. The Hall–Kier alpha value is -0.900. The maximum absolute atomic E-state index is 11.2. The number of hydrogen-bond donors (Lipinski definition) is 0. The minimum atomic E-state index is 0.371. The molecule has 1 aromatic heterocycles. The average Bonchev–Trinajstić information content (AvgIpc) is 2.74. The Balaban J connectivity index is 2.20. The van der Waals surface area contributed by atoms with Crippen LogP contribution in [0.3, 0.4) is 0 Å². The molecule has 0 bridgehead atoms. The Labute approximate surface area is 120 Å². The van der Waals surface area contributed by atoms with Crippen LogP contribution in [0, 0.1) is 5.92 Å². The third kappa shape index (κ3) is 3.35. The number of nitrogens with zero attached hydrogens (tertiary/aromatic N) is 2. The molecule has 0 aromatic carbocycles. The van der Waals surface area contributed by atoms with Gasteiger partial charge in [0.2, 0.25) is 0 Å². The molecule has 1 aliphatic heterocycles. The lowest BCUT2D eigenvalue weighted by molar-refractivity contribution is 0.112. The van der Waals surface area contributed by atoms with E-state index in [0.29, 0.717) is 5.92 Å². The van der Waals surface area contributed by atoms with Crippen LogP contribution in [0.5, 0.6) is 0 Å². The van der Waals surface area contributed by atoms with Gasteiger partial charge in [-0.2, -0.15) is 0 Å². The SMILES string of the molecule is CCC(C)c1nc(N2CCCC(C)CC2)sc1C=O. The molecule has 1 saturated heterocycles. The van der Waals surface area contributed by atoms with Crippen molar-refractivity contribution in [3.8, 4) is 0 Å². The van der Waals surface area contributed by atoms with Gasteiger partial charge >= 0.3 is 0 Å². The minimum Gasteiger partial charge on any atom is -0.348 e. The quantitative estimate of drug-likeness (QED) is 0.779. The van der Waals surface area contributed by atoms with Gasteiger partial charge < -0.3 is 4.90 Å². The molecule has 2 heterocycles. The Bertz CT molecular complexity index is 430. The molecule has 2 unspecified atom stereocenters. The summed E-state index contributed by atoms with van der Waals surface area (Å²) in [6.07, 6.45) is 5.77. The number of rotatable bonds is 4. The monoisotopic (exact) mass is 280 g/mol.